The number of anilines is 1. The Kier molecular flexibility index (Phi) is 4.86. The quantitative estimate of drug-likeness (QED) is 0.609. The third-order valence-electron chi connectivity index (χ3n) is 3.32. The molecule has 2 N–H and O–H groups in total. The zero-order valence-electron chi connectivity index (χ0n) is 11.2. The number of aromatic carboxylic acids is 1. The molecule has 2 unspecified atom stereocenters. The number of nitrogens with one attached hydrogen (secondary N) is 1. The first-order valence-electron chi connectivity index (χ1n) is 6.15. The van der Waals surface area contributed by atoms with Crippen LogP contribution in [-0.4, -0.2) is 22.0 Å². The SMILES string of the molecule is CCC(C)C(C)Nc1ccc(C(=O)O)c([N+](=O)[O-])c1. The Morgan fingerprint density at radius 3 is 2.58 bits per heavy atom. The number of nitrogens with zero attached hydrogens (tertiary/aromatic N) is 1. The third-order valence-corrected chi connectivity index (χ3v) is 3.32. The van der Waals surface area contributed by atoms with E-state index in [1.54, 1.807) is 6.07 Å². The van der Waals surface area contributed by atoms with Crippen molar-refractivity contribution in [3.63, 3.8) is 0 Å². The minimum absolute atomic E-state index is 0.153. The Balaban J connectivity index is 3.02. The first-order valence-corrected chi connectivity index (χ1v) is 6.15. The van der Waals surface area contributed by atoms with E-state index in [0.717, 1.165) is 6.42 Å². The normalized spacial score (nSPS) is 13.6. The van der Waals surface area contributed by atoms with Crippen LogP contribution in [0.3, 0.4) is 0 Å². The van der Waals surface area contributed by atoms with Gasteiger partial charge in [-0.3, -0.25) is 10.1 Å². The van der Waals surface area contributed by atoms with Crippen LogP contribution in [0.15, 0.2) is 18.2 Å². The van der Waals surface area contributed by atoms with Gasteiger partial charge in [0.2, 0.25) is 0 Å². The van der Waals surface area contributed by atoms with Crippen LogP contribution in [0.2, 0.25) is 0 Å². The van der Waals surface area contributed by atoms with Crippen molar-refractivity contribution in [3.05, 3.63) is 33.9 Å². The molecule has 6 nitrogen and oxygen atoms in total. The molecule has 0 fully saturated rings. The van der Waals surface area contributed by atoms with Crippen LogP contribution in [0.5, 0.6) is 0 Å². The smallest absolute Gasteiger partial charge is 0.342 e. The van der Waals surface area contributed by atoms with Crippen molar-refractivity contribution in [1.29, 1.82) is 0 Å². The van der Waals surface area contributed by atoms with E-state index in [-0.39, 0.29) is 11.6 Å². The fourth-order valence-electron chi connectivity index (χ4n) is 1.71. The van der Waals surface area contributed by atoms with Crippen molar-refractivity contribution >= 4 is 17.3 Å². The lowest BCUT2D eigenvalue weighted by atomic mass is 10.0. The number of carboxylic acid groups (broad SMARTS) is 1. The lowest BCUT2D eigenvalue weighted by Gasteiger charge is -2.21. The molecule has 1 aromatic rings. The fourth-order valence-corrected chi connectivity index (χ4v) is 1.71. The van der Waals surface area contributed by atoms with E-state index in [1.165, 1.54) is 12.1 Å². The summed E-state index contributed by atoms with van der Waals surface area (Å²) in [5.74, 6) is -0.883. The molecule has 6 heteroatoms. The lowest BCUT2D eigenvalue weighted by molar-refractivity contribution is -0.385. The van der Waals surface area contributed by atoms with Gasteiger partial charge in [0.25, 0.3) is 5.69 Å². The van der Waals surface area contributed by atoms with Gasteiger partial charge in [-0.2, -0.15) is 0 Å². The number of nitro benzene ring substituents is 1. The summed E-state index contributed by atoms with van der Waals surface area (Å²) in [6.07, 6.45) is 0.990. The molecule has 1 aromatic carbocycles. The lowest BCUT2D eigenvalue weighted by Crippen LogP contribution is -2.23. The fraction of sp³-hybridized carbons (Fsp3) is 0.462. The Morgan fingerprint density at radius 1 is 1.47 bits per heavy atom. The summed E-state index contributed by atoms with van der Waals surface area (Å²) in [4.78, 5) is 21.1. The summed E-state index contributed by atoms with van der Waals surface area (Å²) < 4.78 is 0. The highest BCUT2D eigenvalue weighted by Gasteiger charge is 2.20. The average Bonchev–Trinajstić information content (AvgIpc) is 2.37. The molecule has 0 aliphatic rings. The second-order valence-electron chi connectivity index (χ2n) is 4.61. The second kappa shape index (κ2) is 6.17. The molecule has 2 atom stereocenters. The van der Waals surface area contributed by atoms with Crippen LogP contribution in [0.4, 0.5) is 11.4 Å². The highest BCUT2D eigenvalue weighted by atomic mass is 16.6. The summed E-state index contributed by atoms with van der Waals surface area (Å²) in [5.41, 5.74) is -0.134. The molecular formula is C13H18N2O4. The molecule has 0 aliphatic carbocycles. The van der Waals surface area contributed by atoms with E-state index in [1.807, 2.05) is 6.92 Å². The van der Waals surface area contributed by atoms with Crippen molar-refractivity contribution in [3.8, 4) is 0 Å². The highest BCUT2D eigenvalue weighted by molar-refractivity contribution is 5.93. The van der Waals surface area contributed by atoms with Crippen LogP contribution in [-0.2, 0) is 0 Å². The van der Waals surface area contributed by atoms with Gasteiger partial charge in [0.15, 0.2) is 0 Å². The maximum absolute atomic E-state index is 10.9. The van der Waals surface area contributed by atoms with Crippen molar-refractivity contribution in [2.45, 2.75) is 33.2 Å². The molecule has 19 heavy (non-hydrogen) atoms. The second-order valence-corrected chi connectivity index (χ2v) is 4.61. The molecular weight excluding hydrogens is 248 g/mol. The zero-order valence-corrected chi connectivity index (χ0v) is 11.2. The molecule has 0 spiro atoms. The van der Waals surface area contributed by atoms with Crippen molar-refractivity contribution < 1.29 is 14.8 Å². The molecule has 1 rings (SSSR count). The summed E-state index contributed by atoms with van der Waals surface area (Å²) >= 11 is 0. The predicted molar refractivity (Wildman–Crippen MR) is 72.6 cm³/mol. The molecule has 0 bridgehead atoms. The van der Waals surface area contributed by atoms with Gasteiger partial charge in [0, 0.05) is 17.8 Å². The number of hydrogen-bond acceptors (Lipinski definition) is 4. The number of benzene rings is 1. The van der Waals surface area contributed by atoms with Gasteiger partial charge >= 0.3 is 5.97 Å². The summed E-state index contributed by atoms with van der Waals surface area (Å²) in [7, 11) is 0. The van der Waals surface area contributed by atoms with Gasteiger partial charge in [0.1, 0.15) is 5.56 Å². The standard InChI is InChI=1S/C13H18N2O4/c1-4-8(2)9(3)14-10-5-6-11(13(16)17)12(7-10)15(18)19/h5-9,14H,4H2,1-3H3,(H,16,17). The third kappa shape index (κ3) is 3.67. The van der Waals surface area contributed by atoms with Gasteiger partial charge in [-0.05, 0) is 25.0 Å². The van der Waals surface area contributed by atoms with Crippen LogP contribution in [0.25, 0.3) is 0 Å². The highest BCUT2D eigenvalue weighted by Crippen LogP contribution is 2.24. The van der Waals surface area contributed by atoms with Crippen molar-refractivity contribution in [1.82, 2.24) is 0 Å². The van der Waals surface area contributed by atoms with Crippen LogP contribution < -0.4 is 5.32 Å². The molecule has 0 amide bonds. The Hall–Kier alpha value is -2.11. The Labute approximate surface area is 111 Å². The average molecular weight is 266 g/mol. The van der Waals surface area contributed by atoms with Gasteiger partial charge in [-0.25, -0.2) is 4.79 Å². The molecule has 0 radical (unpaired) electrons. The van der Waals surface area contributed by atoms with Gasteiger partial charge in [0.05, 0.1) is 4.92 Å². The molecule has 0 aromatic heterocycles. The monoisotopic (exact) mass is 266 g/mol. The van der Waals surface area contributed by atoms with Crippen molar-refractivity contribution in [2.75, 3.05) is 5.32 Å². The first kappa shape index (κ1) is 14.9. The topological polar surface area (TPSA) is 92.5 Å². The largest absolute Gasteiger partial charge is 0.477 e. The molecule has 0 saturated carbocycles. The number of nitro groups is 1. The Bertz CT molecular complexity index is 488. The summed E-state index contributed by atoms with van der Waals surface area (Å²) in [5, 5.41) is 22.9. The minimum Gasteiger partial charge on any atom is -0.477 e. The number of rotatable bonds is 6. The number of carbonyl (C=O) groups is 1. The van der Waals surface area contributed by atoms with E-state index in [9.17, 15) is 14.9 Å². The summed E-state index contributed by atoms with van der Waals surface area (Å²) in [6.45, 7) is 6.14. The van der Waals surface area contributed by atoms with Crippen LogP contribution in [0.1, 0.15) is 37.6 Å². The number of hydrogen-bond donors (Lipinski definition) is 2. The summed E-state index contributed by atoms with van der Waals surface area (Å²) in [6, 6.07) is 4.23. The zero-order chi connectivity index (χ0) is 14.6. The van der Waals surface area contributed by atoms with Crippen LogP contribution >= 0.6 is 0 Å². The van der Waals surface area contributed by atoms with E-state index >= 15 is 0 Å². The van der Waals surface area contributed by atoms with E-state index in [0.29, 0.717) is 11.6 Å². The van der Waals surface area contributed by atoms with Gasteiger partial charge in [-0.15, -0.1) is 0 Å². The van der Waals surface area contributed by atoms with Crippen LogP contribution in [0, 0.1) is 16.0 Å². The first-order chi connectivity index (χ1) is 8.86. The molecule has 104 valence electrons. The maximum atomic E-state index is 10.9. The Morgan fingerprint density at radius 2 is 2.11 bits per heavy atom. The van der Waals surface area contributed by atoms with Crippen molar-refractivity contribution in [2.24, 2.45) is 5.92 Å². The predicted octanol–water partition coefficient (Wildman–Crippen LogP) is 3.14. The molecule has 0 heterocycles. The number of carboxylic acids is 1. The minimum atomic E-state index is -1.30. The van der Waals surface area contributed by atoms with E-state index in [4.69, 9.17) is 5.11 Å². The maximum Gasteiger partial charge on any atom is 0.342 e. The van der Waals surface area contributed by atoms with E-state index in [2.05, 4.69) is 19.2 Å². The van der Waals surface area contributed by atoms with E-state index < -0.39 is 16.6 Å². The molecule has 0 aliphatic heterocycles. The van der Waals surface area contributed by atoms with Gasteiger partial charge < -0.3 is 10.4 Å². The molecule has 0 saturated heterocycles. The van der Waals surface area contributed by atoms with Gasteiger partial charge in [-0.1, -0.05) is 20.3 Å².